The van der Waals surface area contributed by atoms with Crippen molar-refractivity contribution in [3.05, 3.63) is 0 Å². The van der Waals surface area contributed by atoms with Crippen molar-refractivity contribution in [2.75, 3.05) is 13.2 Å². The predicted octanol–water partition coefficient (Wildman–Crippen LogP) is -0.637. The van der Waals surface area contributed by atoms with Crippen molar-refractivity contribution in [1.82, 2.24) is 5.32 Å². The third-order valence-electron chi connectivity index (χ3n) is 4.58. The summed E-state index contributed by atoms with van der Waals surface area (Å²) in [4.78, 5) is 36.6. The third-order valence-corrected chi connectivity index (χ3v) is 4.58. The van der Waals surface area contributed by atoms with Crippen molar-refractivity contribution in [1.29, 1.82) is 0 Å². The molecule has 2 aliphatic rings. The Balaban J connectivity index is 0.00000288. The van der Waals surface area contributed by atoms with Gasteiger partial charge in [0.2, 0.25) is 5.91 Å². The van der Waals surface area contributed by atoms with Crippen LogP contribution < -0.4 is 11.1 Å². The molecular formula is C15H25ClN2O6. The van der Waals surface area contributed by atoms with E-state index in [1.807, 2.05) is 0 Å². The molecule has 0 saturated heterocycles. The van der Waals surface area contributed by atoms with Crippen LogP contribution in [0.15, 0.2) is 0 Å². The first kappa shape index (κ1) is 20.7. The van der Waals surface area contributed by atoms with Gasteiger partial charge in [-0.1, -0.05) is 0 Å². The van der Waals surface area contributed by atoms with Gasteiger partial charge in [-0.2, -0.15) is 0 Å². The van der Waals surface area contributed by atoms with Crippen molar-refractivity contribution in [3.8, 4) is 0 Å². The number of nitrogens with one attached hydrogen (secondary N) is 1. The fraction of sp³-hybridized carbons (Fsp3) is 0.800. The summed E-state index contributed by atoms with van der Waals surface area (Å²) in [5.74, 6) is -3.20. The Morgan fingerprint density at radius 2 is 1.88 bits per heavy atom. The zero-order valence-electron chi connectivity index (χ0n) is 14.0. The molecule has 0 spiro atoms. The first-order chi connectivity index (χ1) is 10.8. The molecule has 0 heterocycles. The minimum absolute atomic E-state index is 0. The molecule has 2 fully saturated rings. The van der Waals surface area contributed by atoms with Crippen LogP contribution in [0.25, 0.3) is 0 Å². The standard InChI is InChI=1S/C15H24N2O6.ClH/c1-4-22-13(20)10-9-8(18)6-15(11(9)10,14(21)23-5-2)17-12(19)7(3)16;/h7-11,18H,4-6,16H2,1-3H3,(H,17,19);1H/t7-,8-,9?,10-,11-,15-;/m0./s1. The van der Waals surface area contributed by atoms with E-state index >= 15 is 0 Å². The van der Waals surface area contributed by atoms with Crippen molar-refractivity contribution in [2.45, 2.75) is 44.9 Å². The van der Waals surface area contributed by atoms with Crippen molar-refractivity contribution < 1.29 is 29.0 Å². The highest BCUT2D eigenvalue weighted by molar-refractivity contribution is 5.93. The van der Waals surface area contributed by atoms with Gasteiger partial charge in [0.05, 0.1) is 31.3 Å². The molecule has 1 amide bonds. The normalized spacial score (nSPS) is 34.4. The molecular weight excluding hydrogens is 340 g/mol. The zero-order valence-corrected chi connectivity index (χ0v) is 14.8. The van der Waals surface area contributed by atoms with Gasteiger partial charge >= 0.3 is 11.9 Å². The molecule has 8 nitrogen and oxygen atoms in total. The first-order valence-corrected chi connectivity index (χ1v) is 7.89. The first-order valence-electron chi connectivity index (χ1n) is 7.89. The second-order valence-corrected chi connectivity index (χ2v) is 6.12. The zero-order chi connectivity index (χ0) is 17.4. The summed E-state index contributed by atoms with van der Waals surface area (Å²) in [5.41, 5.74) is 4.14. The smallest absolute Gasteiger partial charge is 0.332 e. The molecule has 24 heavy (non-hydrogen) atoms. The number of amides is 1. The summed E-state index contributed by atoms with van der Waals surface area (Å²) in [6, 6.07) is -0.822. The summed E-state index contributed by atoms with van der Waals surface area (Å²) in [7, 11) is 0. The van der Waals surface area contributed by atoms with E-state index in [9.17, 15) is 19.5 Å². The number of aliphatic hydroxyl groups is 1. The monoisotopic (exact) mass is 364 g/mol. The minimum Gasteiger partial charge on any atom is -0.466 e. The topological polar surface area (TPSA) is 128 Å². The van der Waals surface area contributed by atoms with Gasteiger partial charge in [-0.3, -0.25) is 9.59 Å². The van der Waals surface area contributed by atoms with Crippen LogP contribution in [0.5, 0.6) is 0 Å². The van der Waals surface area contributed by atoms with Gasteiger partial charge in [-0.05, 0) is 20.8 Å². The molecule has 0 aromatic carbocycles. The van der Waals surface area contributed by atoms with Crippen LogP contribution in [0.3, 0.4) is 0 Å². The summed E-state index contributed by atoms with van der Waals surface area (Å²) in [5, 5.41) is 12.9. The SMILES string of the molecule is CCOC(=O)[C@H]1C2[C@@H](O)C[C@@](NC(=O)[C@H](C)N)(C(=O)OCC)[C@@H]21.Cl. The minimum atomic E-state index is -1.43. The van der Waals surface area contributed by atoms with Gasteiger partial charge in [0.15, 0.2) is 0 Å². The highest BCUT2D eigenvalue weighted by Gasteiger charge is 2.76. The fourth-order valence-corrected chi connectivity index (χ4v) is 3.59. The number of rotatable bonds is 6. The Hall–Kier alpha value is -1.38. The van der Waals surface area contributed by atoms with Gasteiger partial charge in [0.1, 0.15) is 5.54 Å². The molecule has 0 radical (unpaired) electrons. The van der Waals surface area contributed by atoms with Crippen LogP contribution in [-0.4, -0.2) is 53.9 Å². The number of esters is 2. The molecule has 1 unspecified atom stereocenters. The average Bonchev–Trinajstić information content (AvgIpc) is 3.16. The van der Waals surface area contributed by atoms with E-state index in [0.717, 1.165) is 0 Å². The highest BCUT2D eigenvalue weighted by Crippen LogP contribution is 2.63. The second kappa shape index (κ2) is 7.67. The van der Waals surface area contributed by atoms with Crippen LogP contribution in [0, 0.1) is 17.8 Å². The van der Waals surface area contributed by atoms with Gasteiger partial charge in [-0.15, -0.1) is 12.4 Å². The molecule has 0 aromatic rings. The van der Waals surface area contributed by atoms with E-state index in [1.165, 1.54) is 6.92 Å². The van der Waals surface area contributed by atoms with Gasteiger partial charge in [-0.25, -0.2) is 4.79 Å². The number of carbonyl (C=O) groups excluding carboxylic acids is 3. The Bertz CT molecular complexity index is 514. The summed E-state index contributed by atoms with van der Waals surface area (Å²) in [6.07, 6.45) is -0.873. The van der Waals surface area contributed by atoms with Crippen LogP contribution in [0.4, 0.5) is 0 Å². The maximum absolute atomic E-state index is 12.5. The number of carbonyl (C=O) groups is 3. The summed E-state index contributed by atoms with van der Waals surface area (Å²) >= 11 is 0. The average molecular weight is 365 g/mol. The summed E-state index contributed by atoms with van der Waals surface area (Å²) < 4.78 is 10.1. The van der Waals surface area contributed by atoms with Gasteiger partial charge in [0, 0.05) is 18.3 Å². The van der Waals surface area contributed by atoms with Crippen molar-refractivity contribution in [2.24, 2.45) is 23.5 Å². The molecule has 4 N–H and O–H groups in total. The van der Waals surface area contributed by atoms with Crippen LogP contribution in [-0.2, 0) is 23.9 Å². The number of hydrogen-bond donors (Lipinski definition) is 3. The number of aliphatic hydroxyl groups excluding tert-OH is 1. The molecule has 9 heteroatoms. The molecule has 0 aliphatic heterocycles. The lowest BCUT2D eigenvalue weighted by molar-refractivity contribution is -0.156. The molecule has 2 saturated carbocycles. The predicted molar refractivity (Wildman–Crippen MR) is 86.1 cm³/mol. The molecule has 0 aromatic heterocycles. The second-order valence-electron chi connectivity index (χ2n) is 6.12. The molecule has 138 valence electrons. The maximum Gasteiger partial charge on any atom is 0.332 e. The number of nitrogens with two attached hydrogens (primary N) is 1. The maximum atomic E-state index is 12.5. The quantitative estimate of drug-likeness (QED) is 0.535. The van der Waals surface area contributed by atoms with E-state index in [4.69, 9.17) is 15.2 Å². The Morgan fingerprint density at radius 1 is 1.29 bits per heavy atom. The van der Waals surface area contributed by atoms with E-state index in [0.29, 0.717) is 0 Å². The molecule has 2 rings (SSSR count). The largest absolute Gasteiger partial charge is 0.466 e. The fourth-order valence-electron chi connectivity index (χ4n) is 3.59. The highest BCUT2D eigenvalue weighted by atomic mass is 35.5. The third kappa shape index (κ3) is 3.36. The van der Waals surface area contributed by atoms with Crippen LogP contribution >= 0.6 is 12.4 Å². The van der Waals surface area contributed by atoms with Crippen molar-refractivity contribution >= 4 is 30.3 Å². The van der Waals surface area contributed by atoms with E-state index in [1.54, 1.807) is 13.8 Å². The van der Waals surface area contributed by atoms with E-state index in [-0.39, 0.29) is 32.0 Å². The van der Waals surface area contributed by atoms with Gasteiger partial charge in [0.25, 0.3) is 0 Å². The number of fused-ring (bicyclic) bond motifs is 1. The molecule has 6 atom stereocenters. The van der Waals surface area contributed by atoms with Gasteiger partial charge < -0.3 is 25.6 Å². The van der Waals surface area contributed by atoms with Crippen LogP contribution in [0.2, 0.25) is 0 Å². The lowest BCUT2D eigenvalue weighted by Gasteiger charge is -2.32. The van der Waals surface area contributed by atoms with E-state index in [2.05, 4.69) is 5.32 Å². The number of ether oxygens (including phenoxy) is 2. The Labute approximate surface area is 146 Å². The number of halogens is 1. The number of hydrogen-bond acceptors (Lipinski definition) is 7. The van der Waals surface area contributed by atoms with E-state index < -0.39 is 53.3 Å². The summed E-state index contributed by atoms with van der Waals surface area (Å²) in [6.45, 7) is 5.17. The Morgan fingerprint density at radius 3 is 2.38 bits per heavy atom. The lowest BCUT2D eigenvalue weighted by atomic mass is 9.89. The lowest BCUT2D eigenvalue weighted by Crippen LogP contribution is -2.60. The van der Waals surface area contributed by atoms with Crippen LogP contribution in [0.1, 0.15) is 27.2 Å². The Kier molecular flexibility index (Phi) is 6.60. The molecule has 2 aliphatic carbocycles. The van der Waals surface area contributed by atoms with Crippen molar-refractivity contribution in [3.63, 3.8) is 0 Å². The molecule has 0 bridgehead atoms.